The fourth-order valence-corrected chi connectivity index (χ4v) is 3.99. The molecule has 1 atom stereocenters. The van der Waals surface area contributed by atoms with Gasteiger partial charge in [-0.3, -0.25) is 9.59 Å². The molecule has 0 radical (unpaired) electrons. The molecule has 4 rings (SSSR count). The number of benzene rings is 3. The van der Waals surface area contributed by atoms with Crippen LogP contribution in [0.5, 0.6) is 5.75 Å². The zero-order chi connectivity index (χ0) is 24.2. The molecule has 1 amide bonds. The molecule has 0 bridgehead atoms. The molecule has 0 saturated carbocycles. The highest BCUT2D eigenvalue weighted by Gasteiger charge is 2.27. The first-order valence-electron chi connectivity index (χ1n) is 10.4. The number of phenols is 1. The van der Waals surface area contributed by atoms with Crippen LogP contribution in [0, 0.1) is 0 Å². The second-order valence-corrected chi connectivity index (χ2v) is 8.12. The third kappa shape index (κ3) is 4.79. The van der Waals surface area contributed by atoms with E-state index >= 15 is 0 Å². The van der Waals surface area contributed by atoms with Crippen LogP contribution >= 0.6 is 11.6 Å². The number of rotatable bonds is 6. The maximum absolute atomic E-state index is 13.5. The lowest BCUT2D eigenvalue weighted by Crippen LogP contribution is -2.44. The monoisotopic (exact) mass is 476 g/mol. The third-order valence-electron chi connectivity index (χ3n) is 5.43. The van der Waals surface area contributed by atoms with E-state index in [0.717, 1.165) is 0 Å². The Labute approximate surface area is 200 Å². The Balaban J connectivity index is 1.80. The summed E-state index contributed by atoms with van der Waals surface area (Å²) in [6.07, 6.45) is 0.108. The van der Waals surface area contributed by atoms with E-state index in [0.29, 0.717) is 32.6 Å². The van der Waals surface area contributed by atoms with E-state index in [1.54, 1.807) is 54.6 Å². The zero-order valence-electron chi connectivity index (χ0n) is 18.2. The average Bonchev–Trinajstić information content (AvgIpc) is 2.84. The highest BCUT2D eigenvalue weighted by molar-refractivity contribution is 6.31. The van der Waals surface area contributed by atoms with Gasteiger partial charge >= 0.3 is 5.97 Å². The second kappa shape index (κ2) is 9.80. The van der Waals surface area contributed by atoms with Crippen molar-refractivity contribution in [2.75, 3.05) is 7.11 Å². The summed E-state index contributed by atoms with van der Waals surface area (Å²) in [7, 11) is 1.22. The molecular formula is C26H21ClN2O5. The molecule has 1 aromatic heterocycles. The Bertz CT molecular complexity index is 1420. The number of aromatic amines is 1. The summed E-state index contributed by atoms with van der Waals surface area (Å²) in [6.45, 7) is 0. The Morgan fingerprint density at radius 2 is 1.76 bits per heavy atom. The molecule has 34 heavy (non-hydrogen) atoms. The van der Waals surface area contributed by atoms with Crippen molar-refractivity contribution in [3.63, 3.8) is 0 Å². The molecule has 0 aliphatic carbocycles. The third-order valence-corrected chi connectivity index (χ3v) is 5.67. The molecular weight excluding hydrogens is 456 g/mol. The van der Waals surface area contributed by atoms with E-state index in [1.807, 2.05) is 6.07 Å². The normalized spacial score (nSPS) is 11.7. The van der Waals surface area contributed by atoms with Crippen molar-refractivity contribution >= 4 is 34.4 Å². The van der Waals surface area contributed by atoms with Crippen molar-refractivity contribution in [2.45, 2.75) is 12.5 Å². The Morgan fingerprint density at radius 1 is 1.06 bits per heavy atom. The number of H-pyrrole nitrogens is 1. The van der Waals surface area contributed by atoms with E-state index in [1.165, 1.54) is 19.2 Å². The minimum absolute atomic E-state index is 0.0799. The number of hydrogen-bond acceptors (Lipinski definition) is 5. The van der Waals surface area contributed by atoms with Gasteiger partial charge in [0.1, 0.15) is 17.4 Å². The van der Waals surface area contributed by atoms with Crippen LogP contribution < -0.4 is 10.9 Å². The number of fused-ring (bicyclic) bond motifs is 1. The molecule has 0 saturated heterocycles. The van der Waals surface area contributed by atoms with Crippen LogP contribution in [0.4, 0.5) is 0 Å². The van der Waals surface area contributed by atoms with Crippen LogP contribution in [0.1, 0.15) is 15.9 Å². The number of carbonyl (C=O) groups is 2. The predicted octanol–water partition coefficient (Wildman–Crippen LogP) is 4.07. The van der Waals surface area contributed by atoms with E-state index in [2.05, 4.69) is 10.3 Å². The Hall–Kier alpha value is -4.10. The van der Waals surface area contributed by atoms with Gasteiger partial charge in [0.15, 0.2) is 0 Å². The molecule has 1 heterocycles. The number of hydrogen-bond donors (Lipinski definition) is 3. The van der Waals surface area contributed by atoms with Crippen molar-refractivity contribution in [3.05, 3.63) is 99.3 Å². The molecule has 8 heteroatoms. The number of nitrogens with one attached hydrogen (secondary N) is 2. The first-order valence-corrected chi connectivity index (χ1v) is 10.8. The minimum Gasteiger partial charge on any atom is -0.508 e. The lowest BCUT2D eigenvalue weighted by atomic mass is 9.95. The molecule has 0 aliphatic rings. The molecule has 4 aromatic rings. The van der Waals surface area contributed by atoms with Crippen LogP contribution in [-0.2, 0) is 16.0 Å². The minimum atomic E-state index is -1.06. The van der Waals surface area contributed by atoms with Crippen LogP contribution in [0.25, 0.3) is 22.0 Å². The lowest BCUT2D eigenvalue weighted by Gasteiger charge is -2.18. The largest absolute Gasteiger partial charge is 0.508 e. The van der Waals surface area contributed by atoms with Crippen LogP contribution in [0.2, 0.25) is 5.02 Å². The average molecular weight is 477 g/mol. The number of pyridine rings is 1. The summed E-state index contributed by atoms with van der Waals surface area (Å²) >= 11 is 6.22. The SMILES string of the molecule is COC(=O)C(Cc1ccc(O)cc1)NC(=O)c1c(-c2ccccc2)c2cc(Cl)ccc2[nH]c1=O. The van der Waals surface area contributed by atoms with Crippen molar-refractivity contribution < 1.29 is 19.4 Å². The number of carbonyl (C=O) groups excluding carboxylic acids is 2. The first kappa shape index (κ1) is 23.1. The molecule has 172 valence electrons. The van der Waals surface area contributed by atoms with Crippen LogP contribution in [0.15, 0.2) is 77.6 Å². The highest BCUT2D eigenvalue weighted by atomic mass is 35.5. The number of esters is 1. The fourth-order valence-electron chi connectivity index (χ4n) is 3.82. The van der Waals surface area contributed by atoms with Crippen molar-refractivity contribution in [1.82, 2.24) is 10.3 Å². The van der Waals surface area contributed by atoms with Gasteiger partial charge in [-0.2, -0.15) is 0 Å². The van der Waals surface area contributed by atoms with Crippen LogP contribution in [-0.4, -0.2) is 35.1 Å². The smallest absolute Gasteiger partial charge is 0.328 e. The first-order chi connectivity index (χ1) is 16.4. The van der Waals surface area contributed by atoms with Gasteiger partial charge in [0, 0.05) is 27.9 Å². The number of amides is 1. The molecule has 3 aromatic carbocycles. The summed E-state index contributed by atoms with van der Waals surface area (Å²) in [6, 6.07) is 19.2. The van der Waals surface area contributed by atoms with Gasteiger partial charge in [-0.15, -0.1) is 0 Å². The van der Waals surface area contributed by atoms with E-state index in [4.69, 9.17) is 16.3 Å². The summed E-state index contributed by atoms with van der Waals surface area (Å²) in [5.74, 6) is -1.31. The molecule has 0 spiro atoms. The van der Waals surface area contributed by atoms with E-state index in [9.17, 15) is 19.5 Å². The van der Waals surface area contributed by atoms with Crippen molar-refractivity contribution in [3.8, 4) is 16.9 Å². The Kier molecular flexibility index (Phi) is 6.65. The van der Waals surface area contributed by atoms with Gasteiger partial charge in [-0.25, -0.2) is 4.79 Å². The number of halogens is 1. The summed E-state index contributed by atoms with van der Waals surface area (Å²) in [4.78, 5) is 41.7. The Morgan fingerprint density at radius 3 is 2.44 bits per heavy atom. The fraction of sp³-hybridized carbons (Fsp3) is 0.115. The summed E-state index contributed by atoms with van der Waals surface area (Å²) in [5.41, 5.74) is 1.54. The van der Waals surface area contributed by atoms with Gasteiger partial charge < -0.3 is 20.1 Å². The van der Waals surface area contributed by atoms with Crippen molar-refractivity contribution in [1.29, 1.82) is 0 Å². The van der Waals surface area contributed by atoms with Crippen molar-refractivity contribution in [2.24, 2.45) is 0 Å². The van der Waals surface area contributed by atoms with Gasteiger partial charge in [0.05, 0.1) is 7.11 Å². The second-order valence-electron chi connectivity index (χ2n) is 7.68. The topological polar surface area (TPSA) is 108 Å². The van der Waals surface area contributed by atoms with E-state index < -0.39 is 23.5 Å². The number of aromatic nitrogens is 1. The summed E-state index contributed by atoms with van der Waals surface area (Å²) in [5, 5.41) is 13.2. The standard InChI is InChI=1S/C26H21ClN2O5/c1-34-26(33)21(13-15-7-10-18(30)11-8-15)29-25(32)23-22(16-5-3-2-4-6-16)19-14-17(27)9-12-20(19)28-24(23)31/h2-12,14,21,30H,13H2,1H3,(H,28,31)(H,29,32). The van der Waals surface area contributed by atoms with Crippen LogP contribution in [0.3, 0.4) is 0 Å². The maximum Gasteiger partial charge on any atom is 0.328 e. The maximum atomic E-state index is 13.5. The van der Waals surface area contributed by atoms with Gasteiger partial charge in [0.25, 0.3) is 11.5 Å². The lowest BCUT2D eigenvalue weighted by molar-refractivity contribution is -0.142. The molecule has 3 N–H and O–H groups in total. The highest BCUT2D eigenvalue weighted by Crippen LogP contribution is 2.31. The molecule has 7 nitrogen and oxygen atoms in total. The quantitative estimate of drug-likeness (QED) is 0.363. The van der Waals surface area contributed by atoms with Gasteiger partial charge in [0.2, 0.25) is 0 Å². The van der Waals surface area contributed by atoms with Gasteiger partial charge in [-0.05, 0) is 41.5 Å². The number of ether oxygens (including phenoxy) is 1. The zero-order valence-corrected chi connectivity index (χ0v) is 18.9. The molecule has 0 aliphatic heterocycles. The number of methoxy groups -OCH3 is 1. The molecule has 1 unspecified atom stereocenters. The summed E-state index contributed by atoms with van der Waals surface area (Å²) < 4.78 is 4.87. The molecule has 0 fully saturated rings. The van der Waals surface area contributed by atoms with E-state index in [-0.39, 0.29) is 17.7 Å². The number of phenolic OH excluding ortho intramolecular Hbond substituents is 1. The number of aromatic hydroxyl groups is 1. The predicted molar refractivity (Wildman–Crippen MR) is 130 cm³/mol. The van der Waals surface area contributed by atoms with Gasteiger partial charge in [-0.1, -0.05) is 54.1 Å².